The van der Waals surface area contributed by atoms with Gasteiger partial charge in [0, 0.05) is 47.7 Å². The number of hydrogen-bond acceptors (Lipinski definition) is 12. The summed E-state index contributed by atoms with van der Waals surface area (Å²) < 4.78 is 21.1. The predicted octanol–water partition coefficient (Wildman–Crippen LogP) is 7.80. The van der Waals surface area contributed by atoms with Crippen molar-refractivity contribution in [3.8, 4) is 0 Å². The van der Waals surface area contributed by atoms with Crippen LogP contribution in [0, 0.1) is 28.6 Å². The van der Waals surface area contributed by atoms with Crippen molar-refractivity contribution in [3.05, 3.63) is 40.8 Å². The number of aliphatic hydroxyl groups excluding tert-OH is 1. The maximum absolute atomic E-state index is 12.1. The highest BCUT2D eigenvalue weighted by Crippen LogP contribution is 2.37. The van der Waals surface area contributed by atoms with Gasteiger partial charge in [0.2, 0.25) is 0 Å². The molecule has 2 aliphatic heterocycles. The average Bonchev–Trinajstić information content (AvgIpc) is 3.63. The fourth-order valence-electron chi connectivity index (χ4n) is 5.22. The lowest BCUT2D eigenvalue weighted by Crippen LogP contribution is -2.42. The molecule has 1 atom stereocenters. The molecule has 4 rings (SSSR count). The molecule has 0 spiro atoms. The van der Waals surface area contributed by atoms with Crippen molar-refractivity contribution in [3.63, 3.8) is 0 Å². The van der Waals surface area contributed by atoms with Crippen molar-refractivity contribution in [2.75, 3.05) is 40.4 Å². The minimum absolute atomic E-state index is 0.0570. The molecule has 15 heteroatoms. The number of methoxy groups -OCH3 is 2. The molecule has 1 unspecified atom stereocenters. The zero-order chi connectivity index (χ0) is 38.7. The SMILES string of the molecule is CC(C)(C)OC(=O)N1CCC(C=O)CC1.COC(=O)c1csc(C(O)C2CCN(C(=O)OC(C)(C)C)CC2)c1C.COC(=O)c1csc(I)c1C. The fraction of sp³-hybridized carbons (Fsp3) is 0.639. The molecule has 0 aromatic carbocycles. The van der Waals surface area contributed by atoms with E-state index in [0.29, 0.717) is 50.1 Å². The Labute approximate surface area is 323 Å². The topological polar surface area (TPSA) is 149 Å². The lowest BCUT2D eigenvalue weighted by atomic mass is 9.89. The van der Waals surface area contributed by atoms with Crippen LogP contribution in [0.1, 0.15) is 110 Å². The molecule has 51 heavy (non-hydrogen) atoms. The quantitative estimate of drug-likeness (QED) is 0.137. The van der Waals surface area contributed by atoms with E-state index in [9.17, 15) is 29.1 Å². The summed E-state index contributed by atoms with van der Waals surface area (Å²) in [6.07, 6.45) is 2.67. The van der Waals surface area contributed by atoms with Crippen LogP contribution in [0.5, 0.6) is 0 Å². The Morgan fingerprint density at radius 3 is 1.57 bits per heavy atom. The van der Waals surface area contributed by atoms with Gasteiger partial charge in [0.05, 0.1) is 34.3 Å². The predicted molar refractivity (Wildman–Crippen MR) is 206 cm³/mol. The third-order valence-electron chi connectivity index (χ3n) is 8.16. The van der Waals surface area contributed by atoms with E-state index < -0.39 is 17.3 Å². The van der Waals surface area contributed by atoms with Crippen molar-refractivity contribution in [1.29, 1.82) is 0 Å². The molecule has 2 aliphatic rings. The molecule has 0 radical (unpaired) electrons. The lowest BCUT2D eigenvalue weighted by Gasteiger charge is -2.35. The first-order chi connectivity index (χ1) is 23.7. The zero-order valence-electron chi connectivity index (χ0n) is 31.3. The van der Waals surface area contributed by atoms with E-state index in [0.717, 1.165) is 38.0 Å². The van der Waals surface area contributed by atoms with Crippen molar-refractivity contribution in [1.82, 2.24) is 9.80 Å². The summed E-state index contributed by atoms with van der Waals surface area (Å²) in [6, 6.07) is 0. The number of ether oxygens (including phenoxy) is 4. The number of piperidine rings is 2. The summed E-state index contributed by atoms with van der Waals surface area (Å²) in [6.45, 7) is 17.2. The number of nitrogens with zero attached hydrogens (tertiary/aromatic N) is 2. The summed E-state index contributed by atoms with van der Waals surface area (Å²) in [4.78, 5) is 61.2. The Hall–Kier alpha value is -2.76. The zero-order valence-corrected chi connectivity index (χ0v) is 35.1. The number of carbonyl (C=O) groups excluding carboxylic acids is 5. The van der Waals surface area contributed by atoms with Crippen LogP contribution >= 0.6 is 45.3 Å². The van der Waals surface area contributed by atoms with Crippen molar-refractivity contribution in [2.45, 2.75) is 98.4 Å². The first kappa shape index (κ1) is 44.4. The Bertz CT molecular complexity index is 1480. The van der Waals surface area contributed by atoms with Crippen LogP contribution in [0.2, 0.25) is 0 Å². The van der Waals surface area contributed by atoms with E-state index >= 15 is 0 Å². The van der Waals surface area contributed by atoms with Crippen LogP contribution in [0.15, 0.2) is 10.8 Å². The van der Waals surface area contributed by atoms with Gasteiger partial charge in [0.25, 0.3) is 0 Å². The Morgan fingerprint density at radius 2 is 1.20 bits per heavy atom. The van der Waals surface area contributed by atoms with Crippen LogP contribution in [0.3, 0.4) is 0 Å². The molecule has 2 saturated heterocycles. The van der Waals surface area contributed by atoms with Crippen LogP contribution in [-0.2, 0) is 23.7 Å². The van der Waals surface area contributed by atoms with Gasteiger partial charge in [-0.1, -0.05) is 0 Å². The first-order valence-corrected chi connectivity index (χ1v) is 19.6. The molecular weight excluding hydrogens is 811 g/mol. The second-order valence-electron chi connectivity index (χ2n) is 14.4. The Kier molecular flexibility index (Phi) is 17.3. The number of esters is 2. The highest BCUT2D eigenvalue weighted by Gasteiger charge is 2.32. The Balaban J connectivity index is 0.000000293. The van der Waals surface area contributed by atoms with Crippen LogP contribution in [-0.4, -0.2) is 96.9 Å². The van der Waals surface area contributed by atoms with Crippen LogP contribution in [0.25, 0.3) is 0 Å². The number of halogens is 1. The van der Waals surface area contributed by atoms with E-state index in [1.165, 1.54) is 25.6 Å². The first-order valence-electron chi connectivity index (χ1n) is 16.8. The number of amides is 2. The largest absolute Gasteiger partial charge is 0.465 e. The maximum atomic E-state index is 12.1. The van der Waals surface area contributed by atoms with Gasteiger partial charge in [0.1, 0.15) is 17.5 Å². The Morgan fingerprint density at radius 1 is 0.784 bits per heavy atom. The second kappa shape index (κ2) is 19.9. The standard InChI is InChI=1S/C18H27NO5S.C11H19NO3.C7H7IO2S/c1-11-13(16(21)23-5)10-25-15(11)14(20)12-6-8-19(9-7-12)17(22)24-18(2,3)4;1-11(2,3)15-10(14)12-6-4-9(8-13)5-7-12;1-4-5(7(9)10-2)3-11-6(4)8/h10,12,14,20H,6-9H2,1-5H3;8-9H,4-7H2,1-3H3;3H,1-2H3. The maximum Gasteiger partial charge on any atom is 0.410 e. The third-order valence-corrected chi connectivity index (χ3v) is 11.8. The molecule has 12 nitrogen and oxygen atoms in total. The van der Waals surface area contributed by atoms with Gasteiger partial charge < -0.3 is 38.6 Å². The normalized spacial score (nSPS) is 16.1. The summed E-state index contributed by atoms with van der Waals surface area (Å²) >= 11 is 5.15. The average molecular weight is 865 g/mol. The minimum atomic E-state index is -0.635. The highest BCUT2D eigenvalue weighted by molar-refractivity contribution is 14.1. The molecule has 286 valence electrons. The van der Waals surface area contributed by atoms with Crippen molar-refractivity contribution >= 4 is 75.7 Å². The van der Waals surface area contributed by atoms with Gasteiger partial charge in [-0.25, -0.2) is 19.2 Å². The number of carbonyl (C=O) groups is 5. The summed E-state index contributed by atoms with van der Waals surface area (Å²) in [5.41, 5.74) is 2.03. The molecular formula is C36H53IN2O10S2. The lowest BCUT2D eigenvalue weighted by molar-refractivity contribution is -0.112. The van der Waals surface area contributed by atoms with Crippen molar-refractivity contribution in [2.24, 2.45) is 11.8 Å². The van der Waals surface area contributed by atoms with E-state index in [-0.39, 0.29) is 36.0 Å². The molecule has 0 saturated carbocycles. The number of likely N-dealkylation sites (tertiary alicyclic amines) is 2. The van der Waals surface area contributed by atoms with E-state index in [2.05, 4.69) is 27.3 Å². The molecule has 2 aromatic heterocycles. The monoisotopic (exact) mass is 864 g/mol. The van der Waals surface area contributed by atoms with E-state index in [1.807, 2.05) is 60.8 Å². The number of thiophene rings is 2. The van der Waals surface area contributed by atoms with Crippen molar-refractivity contribution < 1.29 is 48.0 Å². The van der Waals surface area contributed by atoms with Gasteiger partial charge in [0.15, 0.2) is 0 Å². The molecule has 4 heterocycles. The molecule has 1 N–H and O–H groups in total. The fourth-order valence-corrected chi connectivity index (χ4v) is 7.81. The van der Waals surface area contributed by atoms with Gasteiger partial charge in [-0.2, -0.15) is 0 Å². The summed E-state index contributed by atoms with van der Waals surface area (Å²) in [5, 5.41) is 14.3. The van der Waals surface area contributed by atoms with Gasteiger partial charge in [-0.3, -0.25) is 0 Å². The smallest absolute Gasteiger partial charge is 0.410 e. The number of aldehydes is 1. The third kappa shape index (κ3) is 14.0. The van der Waals surface area contributed by atoms with E-state index in [1.54, 1.807) is 26.5 Å². The highest BCUT2D eigenvalue weighted by atomic mass is 127. The molecule has 0 aliphatic carbocycles. The minimum Gasteiger partial charge on any atom is -0.465 e. The molecule has 2 aromatic rings. The van der Waals surface area contributed by atoms with Crippen LogP contribution < -0.4 is 0 Å². The second-order valence-corrected chi connectivity index (χ2v) is 18.0. The molecule has 2 fully saturated rings. The van der Waals surface area contributed by atoms with Crippen LogP contribution in [0.4, 0.5) is 9.59 Å². The number of aliphatic hydroxyl groups is 1. The number of hydrogen-bond donors (Lipinski definition) is 1. The molecule has 2 amide bonds. The molecule has 0 bridgehead atoms. The van der Waals surface area contributed by atoms with Gasteiger partial charge in [-0.15, -0.1) is 22.7 Å². The summed E-state index contributed by atoms with van der Waals surface area (Å²) in [5.74, 6) is -0.459. The van der Waals surface area contributed by atoms with E-state index in [4.69, 9.17) is 14.2 Å². The van der Waals surface area contributed by atoms with Gasteiger partial charge in [-0.05, 0) is 121 Å². The van der Waals surface area contributed by atoms with Gasteiger partial charge >= 0.3 is 24.1 Å². The number of rotatable bonds is 5. The summed E-state index contributed by atoms with van der Waals surface area (Å²) in [7, 11) is 2.74.